The van der Waals surface area contributed by atoms with Gasteiger partial charge in [-0.25, -0.2) is 4.98 Å². The second kappa shape index (κ2) is 11.1. The molecule has 0 unspecified atom stereocenters. The van der Waals surface area contributed by atoms with Crippen molar-refractivity contribution in [3.63, 3.8) is 0 Å². The van der Waals surface area contributed by atoms with Crippen LogP contribution < -0.4 is 5.32 Å². The van der Waals surface area contributed by atoms with Crippen LogP contribution in [0.4, 0.5) is 5.82 Å². The third-order valence-electron chi connectivity index (χ3n) is 7.80. The summed E-state index contributed by atoms with van der Waals surface area (Å²) in [6.45, 7) is 2.46. The molecule has 2 N–H and O–H groups in total. The molecule has 1 amide bonds. The SMILES string of the molecule is O=C(O)C[C@H](CC1CCN(C(=O)CCc2ccc3c(n2)NCCC3)CC1)c1ccc2ccccc2c1. The highest BCUT2D eigenvalue weighted by Crippen LogP contribution is 2.34. The second-order valence-corrected chi connectivity index (χ2v) is 10.3. The Balaban J connectivity index is 1.14. The standard InChI is InChI=1S/C30H35N3O3/c34-28(12-11-27-10-9-23-6-3-15-31-30(23)32-27)33-16-13-21(14-17-33)18-26(20-29(35)36)25-8-7-22-4-1-2-5-24(22)19-25/h1-2,4-5,7-10,19,21,26H,3,6,11-18,20H2,(H,31,32)(H,35,36)/t26-/m0/s1. The zero-order valence-corrected chi connectivity index (χ0v) is 20.8. The summed E-state index contributed by atoms with van der Waals surface area (Å²) in [6.07, 6.45) is 6.19. The molecule has 188 valence electrons. The monoisotopic (exact) mass is 485 g/mol. The number of benzene rings is 2. The van der Waals surface area contributed by atoms with E-state index in [9.17, 15) is 14.7 Å². The first-order valence-electron chi connectivity index (χ1n) is 13.3. The van der Waals surface area contributed by atoms with Gasteiger partial charge in [0.15, 0.2) is 0 Å². The Bertz CT molecular complexity index is 1230. The number of nitrogens with zero attached hydrogens (tertiary/aromatic N) is 2. The van der Waals surface area contributed by atoms with Crippen molar-refractivity contribution < 1.29 is 14.7 Å². The van der Waals surface area contributed by atoms with E-state index in [1.165, 1.54) is 10.9 Å². The molecule has 36 heavy (non-hydrogen) atoms. The summed E-state index contributed by atoms with van der Waals surface area (Å²) in [6, 6.07) is 18.7. The van der Waals surface area contributed by atoms with Crippen molar-refractivity contribution in [2.24, 2.45) is 5.92 Å². The molecule has 3 heterocycles. The summed E-state index contributed by atoms with van der Waals surface area (Å²) >= 11 is 0. The molecule has 2 aliphatic heterocycles. The van der Waals surface area contributed by atoms with Gasteiger partial charge >= 0.3 is 5.97 Å². The fourth-order valence-electron chi connectivity index (χ4n) is 5.73. The summed E-state index contributed by atoms with van der Waals surface area (Å²) in [5.41, 5.74) is 3.34. The molecule has 5 rings (SSSR count). The molecule has 0 spiro atoms. The first-order valence-corrected chi connectivity index (χ1v) is 13.3. The zero-order chi connectivity index (χ0) is 24.9. The number of fused-ring (bicyclic) bond motifs is 2. The Labute approximate surface area is 212 Å². The number of aliphatic carboxylic acids is 1. The van der Waals surface area contributed by atoms with E-state index in [0.29, 0.717) is 18.8 Å². The lowest BCUT2D eigenvalue weighted by atomic mass is 9.81. The topological polar surface area (TPSA) is 82.5 Å². The molecule has 6 heteroatoms. The Hall–Kier alpha value is -3.41. The minimum Gasteiger partial charge on any atom is -0.481 e. The van der Waals surface area contributed by atoms with Crippen molar-refractivity contribution >= 4 is 28.5 Å². The Morgan fingerprint density at radius 3 is 2.67 bits per heavy atom. The Kier molecular flexibility index (Phi) is 7.49. The molecule has 0 radical (unpaired) electrons. The van der Waals surface area contributed by atoms with Crippen molar-refractivity contribution in [3.05, 3.63) is 71.4 Å². The largest absolute Gasteiger partial charge is 0.481 e. The minimum absolute atomic E-state index is 0.0111. The molecule has 0 saturated carbocycles. The maximum absolute atomic E-state index is 12.9. The van der Waals surface area contributed by atoms with Crippen LogP contribution in [0.5, 0.6) is 0 Å². The van der Waals surface area contributed by atoms with Gasteiger partial charge in [0.1, 0.15) is 5.82 Å². The average Bonchev–Trinajstić information content (AvgIpc) is 2.91. The lowest BCUT2D eigenvalue weighted by Crippen LogP contribution is -2.39. The summed E-state index contributed by atoms with van der Waals surface area (Å²) < 4.78 is 0. The number of carboxylic acids is 1. The van der Waals surface area contributed by atoms with Gasteiger partial charge in [0, 0.05) is 31.7 Å². The highest BCUT2D eigenvalue weighted by Gasteiger charge is 2.27. The van der Waals surface area contributed by atoms with Crippen LogP contribution in [0.15, 0.2) is 54.6 Å². The summed E-state index contributed by atoms with van der Waals surface area (Å²) in [5.74, 6) is 0.833. The molecule has 2 aliphatic rings. The fourth-order valence-corrected chi connectivity index (χ4v) is 5.73. The molecular weight excluding hydrogens is 450 g/mol. The number of hydrogen-bond donors (Lipinski definition) is 2. The molecule has 0 aliphatic carbocycles. The van der Waals surface area contributed by atoms with E-state index in [2.05, 4.69) is 47.8 Å². The van der Waals surface area contributed by atoms with Crippen molar-refractivity contribution in [2.75, 3.05) is 25.0 Å². The molecule has 3 aromatic rings. The lowest BCUT2D eigenvalue weighted by Gasteiger charge is -2.34. The van der Waals surface area contributed by atoms with Crippen LogP contribution in [0, 0.1) is 5.92 Å². The summed E-state index contributed by atoms with van der Waals surface area (Å²) in [7, 11) is 0. The first-order chi connectivity index (χ1) is 17.5. The highest BCUT2D eigenvalue weighted by molar-refractivity contribution is 5.83. The molecule has 1 aromatic heterocycles. The highest BCUT2D eigenvalue weighted by atomic mass is 16.4. The van der Waals surface area contributed by atoms with Crippen molar-refractivity contribution in [3.8, 4) is 0 Å². The van der Waals surface area contributed by atoms with Gasteiger partial charge in [0.25, 0.3) is 0 Å². The van der Waals surface area contributed by atoms with Crippen LogP contribution in [0.1, 0.15) is 61.3 Å². The van der Waals surface area contributed by atoms with E-state index in [-0.39, 0.29) is 18.2 Å². The maximum Gasteiger partial charge on any atom is 0.303 e. The van der Waals surface area contributed by atoms with Crippen LogP contribution in [0.25, 0.3) is 10.8 Å². The second-order valence-electron chi connectivity index (χ2n) is 10.3. The van der Waals surface area contributed by atoms with E-state index in [0.717, 1.165) is 74.2 Å². The van der Waals surface area contributed by atoms with E-state index >= 15 is 0 Å². The van der Waals surface area contributed by atoms with E-state index in [1.807, 2.05) is 17.0 Å². The predicted molar refractivity (Wildman–Crippen MR) is 142 cm³/mol. The molecular formula is C30H35N3O3. The van der Waals surface area contributed by atoms with Crippen molar-refractivity contribution in [1.29, 1.82) is 0 Å². The molecule has 1 fully saturated rings. The van der Waals surface area contributed by atoms with E-state index in [1.54, 1.807) is 0 Å². The quantitative estimate of drug-likeness (QED) is 0.446. The number of amides is 1. The van der Waals surface area contributed by atoms with Gasteiger partial charge in [-0.3, -0.25) is 9.59 Å². The van der Waals surface area contributed by atoms with E-state index < -0.39 is 5.97 Å². The molecule has 1 atom stereocenters. The van der Waals surface area contributed by atoms with Crippen LogP contribution in [0.2, 0.25) is 0 Å². The predicted octanol–water partition coefficient (Wildman–Crippen LogP) is 5.41. The first kappa shape index (κ1) is 24.3. The number of nitrogens with one attached hydrogen (secondary N) is 1. The van der Waals surface area contributed by atoms with Crippen LogP contribution in [-0.4, -0.2) is 46.5 Å². The number of carboxylic acid groups (broad SMARTS) is 1. The van der Waals surface area contributed by atoms with Gasteiger partial charge < -0.3 is 15.3 Å². The summed E-state index contributed by atoms with van der Waals surface area (Å²) in [4.78, 5) is 31.2. The minimum atomic E-state index is -0.758. The average molecular weight is 486 g/mol. The van der Waals surface area contributed by atoms with Crippen molar-refractivity contribution in [1.82, 2.24) is 9.88 Å². The summed E-state index contributed by atoms with van der Waals surface area (Å²) in [5, 5.41) is 15.2. The molecule has 2 aromatic carbocycles. The third-order valence-corrected chi connectivity index (χ3v) is 7.80. The molecule has 1 saturated heterocycles. The number of piperidine rings is 1. The number of likely N-dealkylation sites (tertiary alicyclic amines) is 1. The number of rotatable bonds is 8. The van der Waals surface area contributed by atoms with Gasteiger partial charge in [-0.05, 0) is 78.3 Å². The lowest BCUT2D eigenvalue weighted by molar-refractivity contribution is -0.137. The van der Waals surface area contributed by atoms with E-state index in [4.69, 9.17) is 4.98 Å². The Morgan fingerprint density at radius 2 is 1.86 bits per heavy atom. The van der Waals surface area contributed by atoms with Gasteiger partial charge in [0.2, 0.25) is 5.91 Å². The number of anilines is 1. The number of hydrogen-bond acceptors (Lipinski definition) is 4. The molecule has 0 bridgehead atoms. The third kappa shape index (κ3) is 5.86. The fraction of sp³-hybridized carbons (Fsp3) is 0.433. The molecule has 6 nitrogen and oxygen atoms in total. The van der Waals surface area contributed by atoms with Gasteiger partial charge in [0.05, 0.1) is 6.42 Å². The normalized spacial score (nSPS) is 16.8. The van der Waals surface area contributed by atoms with Gasteiger partial charge in [-0.1, -0.05) is 48.5 Å². The van der Waals surface area contributed by atoms with Crippen LogP contribution in [0.3, 0.4) is 0 Å². The number of aromatic nitrogens is 1. The van der Waals surface area contributed by atoms with Gasteiger partial charge in [-0.15, -0.1) is 0 Å². The number of aryl methyl sites for hydroxylation is 2. The maximum atomic E-state index is 12.9. The van der Waals surface area contributed by atoms with Crippen LogP contribution in [-0.2, 0) is 22.4 Å². The number of pyridine rings is 1. The Morgan fingerprint density at radius 1 is 1.06 bits per heavy atom. The smallest absolute Gasteiger partial charge is 0.303 e. The number of carbonyl (C=O) groups excluding carboxylic acids is 1. The van der Waals surface area contributed by atoms with Crippen molar-refractivity contribution in [2.45, 2.75) is 57.3 Å². The van der Waals surface area contributed by atoms with Crippen LogP contribution >= 0.6 is 0 Å². The zero-order valence-electron chi connectivity index (χ0n) is 20.8. The van der Waals surface area contributed by atoms with Gasteiger partial charge in [-0.2, -0.15) is 0 Å². The number of carbonyl (C=O) groups is 2.